The van der Waals surface area contributed by atoms with Gasteiger partial charge in [0.15, 0.2) is 0 Å². The Labute approximate surface area is 96.9 Å². The molecule has 5 N–H and O–H groups in total. The zero-order valence-electron chi connectivity index (χ0n) is 9.46. The first-order valence-corrected chi connectivity index (χ1v) is 5.15. The number of alkyl halides is 3. The molecule has 1 aromatic heterocycles. The Kier molecular flexibility index (Phi) is 4.35. The van der Waals surface area contributed by atoms with Gasteiger partial charge in [0, 0.05) is 19.0 Å². The molecule has 0 amide bonds. The van der Waals surface area contributed by atoms with Gasteiger partial charge in [-0.25, -0.2) is 0 Å². The first-order chi connectivity index (χ1) is 7.85. The van der Waals surface area contributed by atoms with Crippen LogP contribution in [0.2, 0.25) is 0 Å². The van der Waals surface area contributed by atoms with E-state index in [0.717, 1.165) is 0 Å². The van der Waals surface area contributed by atoms with Gasteiger partial charge in [-0.05, 0) is 12.8 Å². The van der Waals surface area contributed by atoms with E-state index in [0.29, 0.717) is 11.4 Å². The topological polar surface area (TPSA) is 81.9 Å². The standard InChI is InChI=1S/C9H16F3N5/c1-17-8(13)6(5-15-17)7(16-14)3-2-4-9(10,11)12/h5,7,16H,2-4,13-14H2,1H3. The molecule has 1 aromatic rings. The highest BCUT2D eigenvalue weighted by Gasteiger charge is 2.27. The fourth-order valence-corrected chi connectivity index (χ4v) is 1.57. The van der Waals surface area contributed by atoms with Gasteiger partial charge in [0.05, 0.1) is 12.2 Å². The molecule has 0 spiro atoms. The van der Waals surface area contributed by atoms with Crippen LogP contribution in [0.15, 0.2) is 6.20 Å². The Balaban J connectivity index is 2.58. The monoisotopic (exact) mass is 251 g/mol. The van der Waals surface area contributed by atoms with Crippen LogP contribution in [0, 0.1) is 0 Å². The van der Waals surface area contributed by atoms with Gasteiger partial charge in [0.25, 0.3) is 0 Å². The number of rotatable bonds is 5. The lowest BCUT2D eigenvalue weighted by Crippen LogP contribution is -2.28. The molecule has 1 unspecified atom stereocenters. The highest BCUT2D eigenvalue weighted by Crippen LogP contribution is 2.27. The second kappa shape index (κ2) is 5.37. The van der Waals surface area contributed by atoms with E-state index in [4.69, 9.17) is 11.6 Å². The third kappa shape index (κ3) is 3.90. The number of hydrogen-bond acceptors (Lipinski definition) is 4. The van der Waals surface area contributed by atoms with Gasteiger partial charge in [0.1, 0.15) is 5.82 Å². The Morgan fingerprint density at radius 1 is 1.53 bits per heavy atom. The summed E-state index contributed by atoms with van der Waals surface area (Å²) in [5, 5.41) is 3.92. The summed E-state index contributed by atoms with van der Waals surface area (Å²) in [6.45, 7) is 0. The van der Waals surface area contributed by atoms with E-state index in [1.165, 1.54) is 10.9 Å². The maximum atomic E-state index is 12.0. The van der Waals surface area contributed by atoms with E-state index in [2.05, 4.69) is 10.5 Å². The molecule has 0 saturated carbocycles. The molecule has 0 aliphatic heterocycles. The molecule has 0 bridgehead atoms. The number of aromatic nitrogens is 2. The first-order valence-electron chi connectivity index (χ1n) is 5.15. The van der Waals surface area contributed by atoms with Crippen LogP contribution in [0.5, 0.6) is 0 Å². The average molecular weight is 251 g/mol. The third-order valence-corrected chi connectivity index (χ3v) is 2.54. The van der Waals surface area contributed by atoms with Crippen molar-refractivity contribution in [3.8, 4) is 0 Å². The second-order valence-electron chi connectivity index (χ2n) is 3.84. The highest BCUT2D eigenvalue weighted by molar-refractivity contribution is 5.40. The molecule has 0 aliphatic carbocycles. The summed E-state index contributed by atoms with van der Waals surface area (Å²) in [6.07, 6.45) is -3.21. The maximum absolute atomic E-state index is 12.0. The van der Waals surface area contributed by atoms with Gasteiger partial charge >= 0.3 is 6.18 Å². The summed E-state index contributed by atoms with van der Waals surface area (Å²) < 4.78 is 37.5. The van der Waals surface area contributed by atoms with Crippen molar-refractivity contribution in [2.45, 2.75) is 31.5 Å². The molecular formula is C9H16F3N5. The molecule has 1 heterocycles. The molecule has 8 heteroatoms. The zero-order chi connectivity index (χ0) is 13.1. The van der Waals surface area contributed by atoms with Crippen LogP contribution in [0.3, 0.4) is 0 Å². The van der Waals surface area contributed by atoms with E-state index in [-0.39, 0.29) is 12.8 Å². The summed E-state index contributed by atoms with van der Waals surface area (Å²) in [4.78, 5) is 0. The predicted molar refractivity (Wildman–Crippen MR) is 57.6 cm³/mol. The minimum atomic E-state index is -4.14. The SMILES string of the molecule is Cn1ncc(C(CCCC(F)(F)F)NN)c1N. The second-order valence-corrected chi connectivity index (χ2v) is 3.84. The fourth-order valence-electron chi connectivity index (χ4n) is 1.57. The molecule has 0 radical (unpaired) electrons. The van der Waals surface area contributed by atoms with E-state index in [9.17, 15) is 13.2 Å². The van der Waals surface area contributed by atoms with Crippen LogP contribution in [-0.4, -0.2) is 16.0 Å². The minimum absolute atomic E-state index is 0.00724. The van der Waals surface area contributed by atoms with Crippen LogP contribution in [0.1, 0.15) is 30.9 Å². The largest absolute Gasteiger partial charge is 0.389 e. The van der Waals surface area contributed by atoms with E-state index < -0.39 is 18.6 Å². The first kappa shape index (κ1) is 13.8. The van der Waals surface area contributed by atoms with Gasteiger partial charge in [-0.1, -0.05) is 0 Å². The van der Waals surface area contributed by atoms with Crippen molar-refractivity contribution < 1.29 is 13.2 Å². The lowest BCUT2D eigenvalue weighted by Gasteiger charge is -2.15. The number of nitrogens with one attached hydrogen (secondary N) is 1. The van der Waals surface area contributed by atoms with Crippen LogP contribution in [-0.2, 0) is 7.05 Å². The third-order valence-electron chi connectivity index (χ3n) is 2.54. The zero-order valence-corrected chi connectivity index (χ0v) is 9.46. The number of hydrogen-bond donors (Lipinski definition) is 3. The smallest absolute Gasteiger partial charge is 0.384 e. The average Bonchev–Trinajstić information content (AvgIpc) is 2.54. The molecule has 0 aliphatic rings. The maximum Gasteiger partial charge on any atom is 0.389 e. The van der Waals surface area contributed by atoms with Crippen molar-refractivity contribution in [3.05, 3.63) is 11.8 Å². The van der Waals surface area contributed by atoms with Crippen LogP contribution in [0.4, 0.5) is 19.0 Å². The summed E-state index contributed by atoms with van der Waals surface area (Å²) in [7, 11) is 1.65. The molecule has 17 heavy (non-hydrogen) atoms. The molecule has 1 rings (SSSR count). The van der Waals surface area contributed by atoms with Crippen molar-refractivity contribution in [3.63, 3.8) is 0 Å². The molecule has 0 fully saturated rings. The van der Waals surface area contributed by atoms with Gasteiger partial charge in [-0.15, -0.1) is 0 Å². The molecule has 0 saturated heterocycles. The summed E-state index contributed by atoms with van der Waals surface area (Å²) in [5.41, 5.74) is 8.80. The Morgan fingerprint density at radius 3 is 2.59 bits per heavy atom. The molecule has 1 atom stereocenters. The Bertz CT molecular complexity index is 360. The number of nitrogen functional groups attached to an aromatic ring is 1. The van der Waals surface area contributed by atoms with Crippen LogP contribution in [0.25, 0.3) is 0 Å². The Morgan fingerprint density at radius 2 is 2.18 bits per heavy atom. The van der Waals surface area contributed by atoms with Crippen LogP contribution < -0.4 is 17.0 Å². The molecule has 0 aromatic carbocycles. The van der Waals surface area contributed by atoms with Crippen molar-refractivity contribution in [1.29, 1.82) is 0 Å². The number of hydrazine groups is 1. The minimum Gasteiger partial charge on any atom is -0.384 e. The summed E-state index contributed by atoms with van der Waals surface area (Å²) >= 11 is 0. The number of aryl methyl sites for hydroxylation is 1. The quantitative estimate of drug-likeness (QED) is 0.543. The van der Waals surface area contributed by atoms with E-state index >= 15 is 0 Å². The van der Waals surface area contributed by atoms with Gasteiger partial charge in [-0.2, -0.15) is 18.3 Å². The van der Waals surface area contributed by atoms with Crippen molar-refractivity contribution in [1.82, 2.24) is 15.2 Å². The lowest BCUT2D eigenvalue weighted by atomic mass is 10.0. The number of halogens is 3. The normalized spacial score (nSPS) is 13.9. The van der Waals surface area contributed by atoms with E-state index in [1.54, 1.807) is 7.05 Å². The highest BCUT2D eigenvalue weighted by atomic mass is 19.4. The van der Waals surface area contributed by atoms with Gasteiger partial charge in [0.2, 0.25) is 0 Å². The predicted octanol–water partition coefficient (Wildman–Crippen LogP) is 1.24. The Hall–Kier alpha value is -1.28. The molecule has 98 valence electrons. The van der Waals surface area contributed by atoms with Crippen molar-refractivity contribution in [2.24, 2.45) is 12.9 Å². The number of nitrogens with two attached hydrogens (primary N) is 2. The summed E-state index contributed by atoms with van der Waals surface area (Å²) in [6, 6.07) is -0.411. The number of anilines is 1. The molecular weight excluding hydrogens is 235 g/mol. The van der Waals surface area contributed by atoms with Crippen LogP contribution >= 0.6 is 0 Å². The van der Waals surface area contributed by atoms with Gasteiger partial charge in [-0.3, -0.25) is 16.0 Å². The fraction of sp³-hybridized carbons (Fsp3) is 0.667. The van der Waals surface area contributed by atoms with Crippen molar-refractivity contribution >= 4 is 5.82 Å². The van der Waals surface area contributed by atoms with E-state index in [1.807, 2.05) is 0 Å². The van der Waals surface area contributed by atoms with Crippen molar-refractivity contribution in [2.75, 3.05) is 5.73 Å². The molecule has 5 nitrogen and oxygen atoms in total. The number of nitrogens with zero attached hydrogens (tertiary/aromatic N) is 2. The van der Waals surface area contributed by atoms with Gasteiger partial charge < -0.3 is 5.73 Å². The summed E-state index contributed by atoms with van der Waals surface area (Å²) in [5.74, 6) is 5.71. The lowest BCUT2D eigenvalue weighted by molar-refractivity contribution is -0.135.